The standard InChI is InChI=1S/C15H24N2/c1-13-6-5-9-15(17-13)12-16-11-10-14-7-3-2-4-8-14/h2-4,7-8,13,15-17H,5-6,9-12H2,1H3. The molecule has 1 aliphatic rings. The van der Waals surface area contributed by atoms with Gasteiger partial charge in [0.15, 0.2) is 0 Å². The van der Waals surface area contributed by atoms with Gasteiger partial charge in [-0.1, -0.05) is 36.8 Å². The fraction of sp³-hybridized carbons (Fsp3) is 0.600. The summed E-state index contributed by atoms with van der Waals surface area (Å²) >= 11 is 0. The van der Waals surface area contributed by atoms with Gasteiger partial charge in [-0.05, 0) is 38.3 Å². The molecule has 2 unspecified atom stereocenters. The quantitative estimate of drug-likeness (QED) is 0.762. The number of benzene rings is 1. The zero-order valence-electron chi connectivity index (χ0n) is 10.8. The Balaban J connectivity index is 1.60. The molecule has 0 spiro atoms. The van der Waals surface area contributed by atoms with Crippen LogP contribution < -0.4 is 10.6 Å². The third kappa shape index (κ3) is 4.49. The highest BCUT2D eigenvalue weighted by atomic mass is 15.0. The minimum Gasteiger partial charge on any atom is -0.315 e. The van der Waals surface area contributed by atoms with E-state index < -0.39 is 0 Å². The van der Waals surface area contributed by atoms with Crippen molar-refractivity contribution in [1.29, 1.82) is 0 Å². The number of nitrogens with one attached hydrogen (secondary N) is 2. The summed E-state index contributed by atoms with van der Waals surface area (Å²) in [6.07, 6.45) is 5.16. The van der Waals surface area contributed by atoms with Gasteiger partial charge in [0, 0.05) is 18.6 Å². The van der Waals surface area contributed by atoms with E-state index >= 15 is 0 Å². The Morgan fingerprint density at radius 1 is 1.24 bits per heavy atom. The Labute approximate surface area is 105 Å². The summed E-state index contributed by atoms with van der Waals surface area (Å²) in [7, 11) is 0. The molecule has 0 amide bonds. The first-order valence-corrected chi connectivity index (χ1v) is 6.85. The zero-order valence-corrected chi connectivity index (χ0v) is 10.8. The first-order chi connectivity index (χ1) is 8.34. The van der Waals surface area contributed by atoms with Crippen molar-refractivity contribution in [1.82, 2.24) is 10.6 Å². The van der Waals surface area contributed by atoms with Crippen molar-refractivity contribution in [2.24, 2.45) is 0 Å². The summed E-state index contributed by atoms with van der Waals surface area (Å²) in [5.41, 5.74) is 1.42. The Bertz CT molecular complexity index is 310. The smallest absolute Gasteiger partial charge is 0.0194 e. The van der Waals surface area contributed by atoms with Crippen LogP contribution in [0.3, 0.4) is 0 Å². The highest BCUT2D eigenvalue weighted by Gasteiger charge is 2.16. The topological polar surface area (TPSA) is 24.1 Å². The van der Waals surface area contributed by atoms with E-state index in [2.05, 4.69) is 47.9 Å². The fourth-order valence-electron chi connectivity index (χ4n) is 2.55. The van der Waals surface area contributed by atoms with Crippen molar-refractivity contribution in [2.45, 2.75) is 44.7 Å². The average Bonchev–Trinajstić information content (AvgIpc) is 2.36. The maximum atomic E-state index is 3.65. The molecule has 0 aromatic heterocycles. The van der Waals surface area contributed by atoms with Gasteiger partial charge in [0.1, 0.15) is 0 Å². The van der Waals surface area contributed by atoms with Crippen molar-refractivity contribution < 1.29 is 0 Å². The molecule has 2 N–H and O–H groups in total. The van der Waals surface area contributed by atoms with E-state index in [0.717, 1.165) is 19.5 Å². The zero-order chi connectivity index (χ0) is 11.9. The molecule has 0 radical (unpaired) electrons. The number of rotatable bonds is 5. The molecule has 1 saturated heterocycles. The molecule has 1 heterocycles. The Morgan fingerprint density at radius 3 is 2.82 bits per heavy atom. The lowest BCUT2D eigenvalue weighted by Gasteiger charge is -2.29. The normalized spacial score (nSPS) is 24.8. The maximum absolute atomic E-state index is 3.65. The molecule has 1 aromatic rings. The van der Waals surface area contributed by atoms with E-state index in [0.29, 0.717) is 12.1 Å². The van der Waals surface area contributed by atoms with E-state index in [-0.39, 0.29) is 0 Å². The van der Waals surface area contributed by atoms with Crippen molar-refractivity contribution in [3.63, 3.8) is 0 Å². The first kappa shape index (κ1) is 12.6. The summed E-state index contributed by atoms with van der Waals surface area (Å²) in [6.45, 7) is 4.48. The fourth-order valence-corrected chi connectivity index (χ4v) is 2.55. The van der Waals surface area contributed by atoms with E-state index in [1.807, 2.05) is 0 Å². The molecule has 94 valence electrons. The van der Waals surface area contributed by atoms with Crippen LogP contribution in [0, 0.1) is 0 Å². The lowest BCUT2D eigenvalue weighted by atomic mass is 9.99. The van der Waals surface area contributed by atoms with Crippen molar-refractivity contribution in [2.75, 3.05) is 13.1 Å². The molecule has 0 bridgehead atoms. The van der Waals surface area contributed by atoms with Crippen LogP contribution in [0.4, 0.5) is 0 Å². The number of hydrogen-bond donors (Lipinski definition) is 2. The summed E-state index contributed by atoms with van der Waals surface area (Å²) in [5, 5.41) is 7.21. The number of piperidine rings is 1. The molecular formula is C15H24N2. The summed E-state index contributed by atoms with van der Waals surface area (Å²) in [4.78, 5) is 0. The molecule has 1 fully saturated rings. The van der Waals surface area contributed by atoms with Crippen LogP contribution >= 0.6 is 0 Å². The third-order valence-corrected chi connectivity index (χ3v) is 3.53. The lowest BCUT2D eigenvalue weighted by molar-refractivity contribution is 0.325. The van der Waals surface area contributed by atoms with Crippen LogP contribution in [0.15, 0.2) is 30.3 Å². The minimum atomic E-state index is 0.675. The third-order valence-electron chi connectivity index (χ3n) is 3.53. The monoisotopic (exact) mass is 232 g/mol. The van der Waals surface area contributed by atoms with Gasteiger partial charge in [0.25, 0.3) is 0 Å². The number of hydrogen-bond acceptors (Lipinski definition) is 2. The van der Waals surface area contributed by atoms with Crippen LogP contribution in [-0.4, -0.2) is 25.2 Å². The van der Waals surface area contributed by atoms with Crippen molar-refractivity contribution in [3.8, 4) is 0 Å². The Hall–Kier alpha value is -0.860. The van der Waals surface area contributed by atoms with E-state index in [1.54, 1.807) is 0 Å². The SMILES string of the molecule is CC1CCCC(CNCCc2ccccc2)N1. The van der Waals surface area contributed by atoms with Crippen LogP contribution in [-0.2, 0) is 6.42 Å². The van der Waals surface area contributed by atoms with Gasteiger partial charge in [-0.2, -0.15) is 0 Å². The van der Waals surface area contributed by atoms with Gasteiger partial charge in [-0.25, -0.2) is 0 Å². The van der Waals surface area contributed by atoms with Crippen molar-refractivity contribution in [3.05, 3.63) is 35.9 Å². The molecule has 2 heteroatoms. The van der Waals surface area contributed by atoms with E-state index in [4.69, 9.17) is 0 Å². The molecule has 0 aliphatic carbocycles. The van der Waals surface area contributed by atoms with Crippen molar-refractivity contribution >= 4 is 0 Å². The molecular weight excluding hydrogens is 208 g/mol. The molecule has 2 rings (SSSR count). The van der Waals surface area contributed by atoms with Gasteiger partial charge >= 0.3 is 0 Å². The average molecular weight is 232 g/mol. The van der Waals surface area contributed by atoms with Crippen LogP contribution in [0.1, 0.15) is 31.7 Å². The summed E-state index contributed by atoms with van der Waals surface area (Å²) in [6, 6.07) is 12.1. The van der Waals surface area contributed by atoms with Gasteiger partial charge < -0.3 is 10.6 Å². The second-order valence-electron chi connectivity index (χ2n) is 5.14. The van der Waals surface area contributed by atoms with E-state index in [9.17, 15) is 0 Å². The van der Waals surface area contributed by atoms with Gasteiger partial charge in [-0.15, -0.1) is 0 Å². The predicted molar refractivity (Wildman–Crippen MR) is 73.3 cm³/mol. The second kappa shape index (κ2) is 6.77. The molecule has 2 nitrogen and oxygen atoms in total. The second-order valence-corrected chi connectivity index (χ2v) is 5.14. The molecule has 17 heavy (non-hydrogen) atoms. The minimum absolute atomic E-state index is 0.675. The van der Waals surface area contributed by atoms with Gasteiger partial charge in [-0.3, -0.25) is 0 Å². The maximum Gasteiger partial charge on any atom is 0.0194 e. The van der Waals surface area contributed by atoms with Crippen LogP contribution in [0.25, 0.3) is 0 Å². The molecule has 1 aromatic carbocycles. The van der Waals surface area contributed by atoms with Crippen LogP contribution in [0.5, 0.6) is 0 Å². The first-order valence-electron chi connectivity index (χ1n) is 6.85. The van der Waals surface area contributed by atoms with Crippen LogP contribution in [0.2, 0.25) is 0 Å². The van der Waals surface area contributed by atoms with Gasteiger partial charge in [0.05, 0.1) is 0 Å². The molecule has 0 saturated carbocycles. The van der Waals surface area contributed by atoms with E-state index in [1.165, 1.54) is 24.8 Å². The molecule has 2 atom stereocenters. The Kier molecular flexibility index (Phi) is 5.02. The highest BCUT2D eigenvalue weighted by molar-refractivity contribution is 5.14. The van der Waals surface area contributed by atoms with Gasteiger partial charge in [0.2, 0.25) is 0 Å². The predicted octanol–water partition coefficient (Wildman–Crippen LogP) is 2.35. The lowest BCUT2D eigenvalue weighted by Crippen LogP contribution is -2.46. The largest absolute Gasteiger partial charge is 0.315 e. The highest BCUT2D eigenvalue weighted by Crippen LogP contribution is 2.11. The summed E-state index contributed by atoms with van der Waals surface area (Å²) in [5.74, 6) is 0. The molecule has 1 aliphatic heterocycles. The Morgan fingerprint density at radius 2 is 2.06 bits per heavy atom. The summed E-state index contributed by atoms with van der Waals surface area (Å²) < 4.78 is 0.